The van der Waals surface area contributed by atoms with Crippen molar-refractivity contribution in [2.45, 2.75) is 65.2 Å². The summed E-state index contributed by atoms with van der Waals surface area (Å²) in [5, 5.41) is 0. The van der Waals surface area contributed by atoms with Crippen LogP contribution in [0.25, 0.3) is 0 Å². The molecule has 0 aliphatic rings. The van der Waals surface area contributed by atoms with Crippen molar-refractivity contribution >= 4 is 10.1 Å². The largest absolute Gasteiger partial charge is 0.286 e. The van der Waals surface area contributed by atoms with Crippen molar-refractivity contribution < 1.29 is 13.0 Å². The predicted octanol–water partition coefficient (Wildman–Crippen LogP) is 3.65. The van der Waals surface area contributed by atoms with E-state index in [-0.39, 0.29) is 11.7 Å². The SMILES string of the molecule is CCCCCCCCC(CC)CS(=O)(=O)O. The molecular formula is C12H26O3S. The van der Waals surface area contributed by atoms with Crippen molar-refractivity contribution in [2.24, 2.45) is 5.92 Å². The Hall–Kier alpha value is -0.0900. The lowest BCUT2D eigenvalue weighted by molar-refractivity contribution is 0.434. The first-order valence-corrected chi connectivity index (χ1v) is 8.05. The first kappa shape index (κ1) is 15.9. The molecule has 1 N–H and O–H groups in total. The molecule has 0 aromatic heterocycles. The van der Waals surface area contributed by atoms with E-state index in [2.05, 4.69) is 6.92 Å². The van der Waals surface area contributed by atoms with Crippen LogP contribution in [0.15, 0.2) is 0 Å². The highest BCUT2D eigenvalue weighted by Gasteiger charge is 2.14. The van der Waals surface area contributed by atoms with E-state index in [0.29, 0.717) is 0 Å². The minimum atomic E-state index is -3.79. The Labute approximate surface area is 100 Å². The van der Waals surface area contributed by atoms with Gasteiger partial charge in [-0.3, -0.25) is 4.55 Å². The number of rotatable bonds is 10. The summed E-state index contributed by atoms with van der Waals surface area (Å²) in [6, 6.07) is 0. The van der Waals surface area contributed by atoms with Gasteiger partial charge >= 0.3 is 0 Å². The second kappa shape index (κ2) is 8.99. The Balaban J connectivity index is 3.56. The summed E-state index contributed by atoms with van der Waals surface area (Å²) in [5.41, 5.74) is 0. The van der Waals surface area contributed by atoms with Crippen LogP contribution in [0.3, 0.4) is 0 Å². The Bertz CT molecular complexity index is 247. The summed E-state index contributed by atoms with van der Waals surface area (Å²) in [6.07, 6.45) is 9.08. The minimum absolute atomic E-state index is 0.0710. The van der Waals surface area contributed by atoms with Crippen molar-refractivity contribution in [1.29, 1.82) is 0 Å². The predicted molar refractivity (Wildman–Crippen MR) is 68.2 cm³/mol. The highest BCUT2D eigenvalue weighted by Crippen LogP contribution is 2.16. The fourth-order valence-corrected chi connectivity index (χ4v) is 2.91. The molecule has 0 aromatic carbocycles. The molecule has 0 rings (SSSR count). The normalized spacial score (nSPS) is 13.9. The first-order valence-electron chi connectivity index (χ1n) is 6.44. The zero-order valence-corrected chi connectivity index (χ0v) is 11.4. The van der Waals surface area contributed by atoms with Crippen molar-refractivity contribution in [1.82, 2.24) is 0 Å². The van der Waals surface area contributed by atoms with E-state index >= 15 is 0 Å². The van der Waals surface area contributed by atoms with Crippen LogP contribution < -0.4 is 0 Å². The second-order valence-corrected chi connectivity index (χ2v) is 6.08. The molecule has 0 saturated carbocycles. The van der Waals surface area contributed by atoms with Gasteiger partial charge in [0.1, 0.15) is 0 Å². The van der Waals surface area contributed by atoms with Gasteiger partial charge in [-0.15, -0.1) is 0 Å². The molecule has 0 saturated heterocycles. The summed E-state index contributed by atoms with van der Waals surface area (Å²) in [5.74, 6) is 0.0551. The zero-order valence-electron chi connectivity index (χ0n) is 10.6. The van der Waals surface area contributed by atoms with E-state index < -0.39 is 10.1 Å². The summed E-state index contributed by atoms with van der Waals surface area (Å²) in [7, 11) is -3.79. The van der Waals surface area contributed by atoms with Crippen LogP contribution in [0, 0.1) is 5.92 Å². The molecule has 1 atom stereocenters. The highest BCUT2D eigenvalue weighted by molar-refractivity contribution is 7.85. The fourth-order valence-electron chi connectivity index (χ4n) is 1.92. The number of hydrogen-bond donors (Lipinski definition) is 1. The molecule has 0 heterocycles. The van der Waals surface area contributed by atoms with Crippen LogP contribution in [0.2, 0.25) is 0 Å². The molecule has 16 heavy (non-hydrogen) atoms. The van der Waals surface area contributed by atoms with Gasteiger partial charge in [-0.1, -0.05) is 58.8 Å². The molecule has 0 aliphatic carbocycles. The molecule has 1 unspecified atom stereocenters. The van der Waals surface area contributed by atoms with Gasteiger partial charge in [-0.2, -0.15) is 8.42 Å². The lowest BCUT2D eigenvalue weighted by Crippen LogP contribution is -2.14. The summed E-state index contributed by atoms with van der Waals surface area (Å²) in [6.45, 7) is 4.17. The van der Waals surface area contributed by atoms with Gasteiger partial charge in [0.15, 0.2) is 0 Å². The molecular weight excluding hydrogens is 224 g/mol. The Kier molecular flexibility index (Phi) is 8.94. The monoisotopic (exact) mass is 250 g/mol. The van der Waals surface area contributed by atoms with Gasteiger partial charge in [-0.05, 0) is 12.3 Å². The highest BCUT2D eigenvalue weighted by atomic mass is 32.2. The molecule has 98 valence electrons. The van der Waals surface area contributed by atoms with Gasteiger partial charge in [-0.25, -0.2) is 0 Å². The molecule has 0 aromatic rings. The lowest BCUT2D eigenvalue weighted by Gasteiger charge is -2.12. The zero-order chi connectivity index (χ0) is 12.4. The molecule has 0 radical (unpaired) electrons. The van der Waals surface area contributed by atoms with E-state index in [1.54, 1.807) is 0 Å². The van der Waals surface area contributed by atoms with Crippen LogP contribution >= 0.6 is 0 Å². The standard InChI is InChI=1S/C12H26O3S/c1-3-5-6-7-8-9-10-12(4-2)11-16(13,14)15/h12H,3-11H2,1-2H3,(H,13,14,15). The Morgan fingerprint density at radius 3 is 2.06 bits per heavy atom. The molecule has 3 nitrogen and oxygen atoms in total. The van der Waals surface area contributed by atoms with E-state index in [1.165, 1.54) is 32.1 Å². The summed E-state index contributed by atoms with van der Waals surface area (Å²) >= 11 is 0. The molecule has 0 fully saturated rings. The maximum Gasteiger partial charge on any atom is 0.265 e. The quantitative estimate of drug-likeness (QED) is 0.475. The van der Waals surface area contributed by atoms with Crippen LogP contribution in [-0.2, 0) is 10.1 Å². The summed E-state index contributed by atoms with van der Waals surface area (Å²) in [4.78, 5) is 0. The molecule has 0 aliphatic heterocycles. The van der Waals surface area contributed by atoms with E-state index in [1.807, 2.05) is 6.92 Å². The third-order valence-electron chi connectivity index (χ3n) is 2.99. The molecule has 0 amide bonds. The third kappa shape index (κ3) is 10.4. The van der Waals surface area contributed by atoms with E-state index in [0.717, 1.165) is 19.3 Å². The smallest absolute Gasteiger partial charge is 0.265 e. The van der Waals surface area contributed by atoms with Gasteiger partial charge in [0.25, 0.3) is 10.1 Å². The van der Waals surface area contributed by atoms with Gasteiger partial charge < -0.3 is 0 Å². The van der Waals surface area contributed by atoms with Gasteiger partial charge in [0, 0.05) is 0 Å². The molecule has 4 heteroatoms. The van der Waals surface area contributed by atoms with Crippen LogP contribution in [-0.4, -0.2) is 18.7 Å². The maximum absolute atomic E-state index is 10.7. The van der Waals surface area contributed by atoms with Crippen molar-refractivity contribution in [3.63, 3.8) is 0 Å². The average Bonchev–Trinajstić information content (AvgIpc) is 2.19. The summed E-state index contributed by atoms with van der Waals surface area (Å²) < 4.78 is 30.2. The minimum Gasteiger partial charge on any atom is -0.286 e. The maximum atomic E-state index is 10.7. The van der Waals surface area contributed by atoms with E-state index in [4.69, 9.17) is 4.55 Å². The average molecular weight is 250 g/mol. The van der Waals surface area contributed by atoms with Crippen LogP contribution in [0.5, 0.6) is 0 Å². The fraction of sp³-hybridized carbons (Fsp3) is 1.00. The van der Waals surface area contributed by atoms with Crippen LogP contribution in [0.1, 0.15) is 65.2 Å². The number of unbranched alkanes of at least 4 members (excludes halogenated alkanes) is 5. The topological polar surface area (TPSA) is 54.4 Å². The molecule has 0 bridgehead atoms. The van der Waals surface area contributed by atoms with Crippen molar-refractivity contribution in [2.75, 3.05) is 5.75 Å². The second-order valence-electron chi connectivity index (χ2n) is 4.58. The van der Waals surface area contributed by atoms with Gasteiger partial charge in [0.05, 0.1) is 5.75 Å². The Morgan fingerprint density at radius 2 is 1.56 bits per heavy atom. The third-order valence-corrected chi connectivity index (χ3v) is 3.88. The molecule has 0 spiro atoms. The lowest BCUT2D eigenvalue weighted by atomic mass is 10.00. The number of hydrogen-bond acceptors (Lipinski definition) is 2. The van der Waals surface area contributed by atoms with Crippen molar-refractivity contribution in [3.05, 3.63) is 0 Å². The first-order chi connectivity index (χ1) is 7.49. The van der Waals surface area contributed by atoms with E-state index in [9.17, 15) is 8.42 Å². The Morgan fingerprint density at radius 1 is 1.00 bits per heavy atom. The van der Waals surface area contributed by atoms with Gasteiger partial charge in [0.2, 0.25) is 0 Å². The van der Waals surface area contributed by atoms with Crippen LogP contribution in [0.4, 0.5) is 0 Å². The van der Waals surface area contributed by atoms with Crippen molar-refractivity contribution in [3.8, 4) is 0 Å².